The molecule has 0 fully saturated rings. The van der Waals surface area contributed by atoms with Crippen molar-refractivity contribution < 1.29 is 4.79 Å². The minimum Gasteiger partial charge on any atom is -0.348 e. The van der Waals surface area contributed by atoms with Crippen LogP contribution in [0.3, 0.4) is 0 Å². The molecule has 20 heavy (non-hydrogen) atoms. The fraction of sp³-hybridized carbons (Fsp3) is 0.278. The summed E-state index contributed by atoms with van der Waals surface area (Å²) >= 11 is 0. The van der Waals surface area contributed by atoms with Crippen molar-refractivity contribution in [3.05, 3.63) is 69.8 Å². The van der Waals surface area contributed by atoms with Crippen LogP contribution >= 0.6 is 0 Å². The van der Waals surface area contributed by atoms with Crippen molar-refractivity contribution in [3.63, 3.8) is 0 Å². The van der Waals surface area contributed by atoms with Gasteiger partial charge in [-0.2, -0.15) is 0 Å². The third-order valence-electron chi connectivity index (χ3n) is 3.22. The Kier molecular flexibility index (Phi) is 4.23. The van der Waals surface area contributed by atoms with Gasteiger partial charge in [0.05, 0.1) is 0 Å². The molecule has 2 aromatic carbocycles. The molecule has 0 unspecified atom stereocenters. The highest BCUT2D eigenvalue weighted by Crippen LogP contribution is 2.11. The molecule has 0 aliphatic rings. The Morgan fingerprint density at radius 1 is 0.800 bits per heavy atom. The zero-order valence-corrected chi connectivity index (χ0v) is 12.6. The third kappa shape index (κ3) is 3.70. The van der Waals surface area contributed by atoms with Gasteiger partial charge in [0.25, 0.3) is 5.91 Å². The summed E-state index contributed by atoms with van der Waals surface area (Å²) < 4.78 is 0. The number of rotatable bonds is 3. The quantitative estimate of drug-likeness (QED) is 0.899. The lowest BCUT2D eigenvalue weighted by Gasteiger charge is -2.09. The third-order valence-corrected chi connectivity index (χ3v) is 3.22. The molecule has 1 amide bonds. The number of benzene rings is 2. The van der Waals surface area contributed by atoms with Crippen molar-refractivity contribution in [1.82, 2.24) is 5.32 Å². The summed E-state index contributed by atoms with van der Waals surface area (Å²) in [7, 11) is 0. The lowest BCUT2D eigenvalue weighted by Crippen LogP contribution is -2.23. The monoisotopic (exact) mass is 267 g/mol. The van der Waals surface area contributed by atoms with E-state index < -0.39 is 0 Å². The molecule has 0 bridgehead atoms. The molecule has 0 heterocycles. The predicted octanol–water partition coefficient (Wildman–Crippen LogP) is 3.85. The minimum absolute atomic E-state index is 0.0176. The second-order valence-electron chi connectivity index (χ2n) is 5.56. The number of amides is 1. The van der Waals surface area contributed by atoms with Crippen LogP contribution in [-0.4, -0.2) is 5.91 Å². The number of hydrogen-bond donors (Lipinski definition) is 1. The number of carbonyl (C=O) groups excluding carboxylic acids is 1. The van der Waals surface area contributed by atoms with Gasteiger partial charge in [-0.1, -0.05) is 46.5 Å². The molecule has 2 aromatic rings. The predicted molar refractivity (Wildman–Crippen MR) is 83.0 cm³/mol. The molecule has 0 aromatic heterocycles. The zero-order chi connectivity index (χ0) is 14.7. The summed E-state index contributed by atoms with van der Waals surface area (Å²) in [5.41, 5.74) is 6.54. The van der Waals surface area contributed by atoms with Crippen molar-refractivity contribution in [3.8, 4) is 0 Å². The van der Waals surface area contributed by atoms with Crippen LogP contribution in [0.4, 0.5) is 0 Å². The number of nitrogens with one attached hydrogen (secondary N) is 1. The first kappa shape index (κ1) is 14.3. The van der Waals surface area contributed by atoms with Gasteiger partial charge in [0.1, 0.15) is 0 Å². The van der Waals surface area contributed by atoms with Gasteiger partial charge in [0.2, 0.25) is 0 Å². The Balaban J connectivity index is 2.08. The molecule has 0 atom stereocenters. The largest absolute Gasteiger partial charge is 0.348 e. The SMILES string of the molecule is Cc1cc(C)cc(CNC(=O)c2cc(C)cc(C)c2)c1. The molecule has 2 heteroatoms. The normalized spacial score (nSPS) is 10.4. The fourth-order valence-corrected chi connectivity index (χ4v) is 2.56. The second-order valence-corrected chi connectivity index (χ2v) is 5.56. The van der Waals surface area contributed by atoms with Crippen molar-refractivity contribution in [2.75, 3.05) is 0 Å². The van der Waals surface area contributed by atoms with Crippen LogP contribution in [0, 0.1) is 27.7 Å². The maximum absolute atomic E-state index is 12.2. The van der Waals surface area contributed by atoms with E-state index >= 15 is 0 Å². The summed E-state index contributed by atoms with van der Waals surface area (Å²) in [6, 6.07) is 12.3. The molecule has 104 valence electrons. The van der Waals surface area contributed by atoms with Crippen LogP contribution in [0.15, 0.2) is 36.4 Å². The highest BCUT2D eigenvalue weighted by molar-refractivity contribution is 5.94. The fourth-order valence-electron chi connectivity index (χ4n) is 2.56. The van der Waals surface area contributed by atoms with Gasteiger partial charge in [-0.05, 0) is 45.4 Å². The van der Waals surface area contributed by atoms with Gasteiger partial charge in [-0.3, -0.25) is 4.79 Å². The van der Waals surface area contributed by atoms with Crippen LogP contribution in [0.1, 0.15) is 38.2 Å². The van der Waals surface area contributed by atoms with Gasteiger partial charge in [-0.25, -0.2) is 0 Å². The van der Waals surface area contributed by atoms with Gasteiger partial charge in [-0.15, -0.1) is 0 Å². The van der Waals surface area contributed by atoms with Crippen molar-refractivity contribution >= 4 is 5.91 Å². The Morgan fingerprint density at radius 2 is 1.25 bits per heavy atom. The highest BCUT2D eigenvalue weighted by atomic mass is 16.1. The molecule has 0 radical (unpaired) electrons. The van der Waals surface area contributed by atoms with E-state index in [1.165, 1.54) is 11.1 Å². The number of hydrogen-bond acceptors (Lipinski definition) is 1. The number of aryl methyl sites for hydroxylation is 4. The molecular weight excluding hydrogens is 246 g/mol. The van der Waals surface area contributed by atoms with Crippen LogP contribution in [-0.2, 0) is 6.54 Å². The van der Waals surface area contributed by atoms with Crippen molar-refractivity contribution in [2.45, 2.75) is 34.2 Å². The molecule has 0 aliphatic carbocycles. The summed E-state index contributed by atoms with van der Waals surface area (Å²) in [5.74, 6) is -0.0176. The Hall–Kier alpha value is -2.09. The first-order chi connectivity index (χ1) is 9.44. The van der Waals surface area contributed by atoms with E-state index in [0.717, 1.165) is 22.3 Å². The maximum Gasteiger partial charge on any atom is 0.251 e. The highest BCUT2D eigenvalue weighted by Gasteiger charge is 2.06. The smallest absolute Gasteiger partial charge is 0.251 e. The van der Waals surface area contributed by atoms with Gasteiger partial charge in [0.15, 0.2) is 0 Å². The van der Waals surface area contributed by atoms with Crippen LogP contribution in [0.5, 0.6) is 0 Å². The van der Waals surface area contributed by atoms with E-state index in [1.54, 1.807) is 0 Å². The van der Waals surface area contributed by atoms with E-state index in [1.807, 2.05) is 26.0 Å². The lowest BCUT2D eigenvalue weighted by atomic mass is 10.1. The lowest BCUT2D eigenvalue weighted by molar-refractivity contribution is 0.0950. The number of carbonyl (C=O) groups is 1. The van der Waals surface area contributed by atoms with E-state index in [-0.39, 0.29) is 5.91 Å². The van der Waals surface area contributed by atoms with E-state index in [0.29, 0.717) is 6.54 Å². The van der Waals surface area contributed by atoms with E-state index in [2.05, 4.69) is 43.4 Å². The van der Waals surface area contributed by atoms with E-state index in [4.69, 9.17) is 0 Å². The molecule has 2 rings (SSSR count). The van der Waals surface area contributed by atoms with Crippen molar-refractivity contribution in [1.29, 1.82) is 0 Å². The van der Waals surface area contributed by atoms with Crippen LogP contribution in [0.2, 0.25) is 0 Å². The van der Waals surface area contributed by atoms with Crippen LogP contribution < -0.4 is 5.32 Å². The average molecular weight is 267 g/mol. The Bertz CT molecular complexity index is 603. The molecule has 0 aliphatic heterocycles. The molecule has 2 nitrogen and oxygen atoms in total. The van der Waals surface area contributed by atoms with Gasteiger partial charge in [0, 0.05) is 12.1 Å². The summed E-state index contributed by atoms with van der Waals surface area (Å²) in [6.45, 7) is 8.72. The minimum atomic E-state index is -0.0176. The summed E-state index contributed by atoms with van der Waals surface area (Å²) in [6.07, 6.45) is 0. The molecule has 0 saturated carbocycles. The Morgan fingerprint density at radius 3 is 1.75 bits per heavy atom. The molecule has 0 spiro atoms. The summed E-state index contributed by atoms with van der Waals surface area (Å²) in [4.78, 5) is 12.2. The maximum atomic E-state index is 12.2. The molecular formula is C18H21NO. The van der Waals surface area contributed by atoms with Crippen LogP contribution in [0.25, 0.3) is 0 Å². The average Bonchev–Trinajstić information content (AvgIpc) is 2.33. The van der Waals surface area contributed by atoms with Gasteiger partial charge >= 0.3 is 0 Å². The second kappa shape index (κ2) is 5.91. The zero-order valence-electron chi connectivity index (χ0n) is 12.6. The summed E-state index contributed by atoms with van der Waals surface area (Å²) in [5, 5.41) is 2.99. The topological polar surface area (TPSA) is 29.1 Å². The van der Waals surface area contributed by atoms with E-state index in [9.17, 15) is 4.79 Å². The Labute approximate surface area is 120 Å². The molecule has 1 N–H and O–H groups in total. The van der Waals surface area contributed by atoms with Gasteiger partial charge < -0.3 is 5.32 Å². The first-order valence-corrected chi connectivity index (χ1v) is 6.88. The van der Waals surface area contributed by atoms with Crippen molar-refractivity contribution in [2.24, 2.45) is 0 Å². The first-order valence-electron chi connectivity index (χ1n) is 6.88. The molecule has 0 saturated heterocycles. The standard InChI is InChI=1S/C18H21NO/c1-12-5-13(2)8-16(7-12)11-19-18(20)17-9-14(3)6-15(4)10-17/h5-10H,11H2,1-4H3,(H,19,20).